The van der Waals surface area contributed by atoms with Crippen molar-refractivity contribution in [3.05, 3.63) is 45.7 Å². The summed E-state index contributed by atoms with van der Waals surface area (Å²) in [5.74, 6) is 0. The molecule has 20 heavy (non-hydrogen) atoms. The maximum absolute atomic E-state index is 12.8. The molecule has 1 aromatic heterocycles. The molecule has 0 amide bonds. The van der Waals surface area contributed by atoms with Crippen molar-refractivity contribution < 1.29 is 13.2 Å². The Morgan fingerprint density at radius 3 is 2.60 bits per heavy atom. The third-order valence-electron chi connectivity index (χ3n) is 2.87. The SMILES string of the molecule is Cc1nn(C)cc1CNc1ccc(Br)c(C(F)(F)F)c1. The van der Waals surface area contributed by atoms with E-state index in [-0.39, 0.29) is 4.47 Å². The number of halogens is 4. The van der Waals surface area contributed by atoms with E-state index in [0.29, 0.717) is 12.2 Å². The fraction of sp³-hybridized carbons (Fsp3) is 0.308. The van der Waals surface area contributed by atoms with Crippen molar-refractivity contribution in [2.24, 2.45) is 7.05 Å². The number of benzene rings is 1. The van der Waals surface area contributed by atoms with Crippen LogP contribution in [0.3, 0.4) is 0 Å². The predicted octanol–water partition coefficient (Wildman–Crippen LogP) is 4.12. The lowest BCUT2D eigenvalue weighted by Gasteiger charge is -2.12. The van der Waals surface area contributed by atoms with Crippen LogP contribution < -0.4 is 5.32 Å². The van der Waals surface area contributed by atoms with Crippen LogP contribution in [0.25, 0.3) is 0 Å². The van der Waals surface area contributed by atoms with Gasteiger partial charge >= 0.3 is 6.18 Å². The summed E-state index contributed by atoms with van der Waals surface area (Å²) in [6, 6.07) is 4.09. The molecule has 1 aromatic carbocycles. The lowest BCUT2D eigenvalue weighted by molar-refractivity contribution is -0.138. The van der Waals surface area contributed by atoms with Crippen LogP contribution in [0.4, 0.5) is 18.9 Å². The van der Waals surface area contributed by atoms with Gasteiger partial charge < -0.3 is 5.32 Å². The zero-order valence-corrected chi connectivity index (χ0v) is 12.5. The topological polar surface area (TPSA) is 29.9 Å². The Kier molecular flexibility index (Phi) is 4.08. The maximum Gasteiger partial charge on any atom is 0.417 e. The van der Waals surface area contributed by atoms with Crippen molar-refractivity contribution in [3.8, 4) is 0 Å². The average molecular weight is 348 g/mol. The van der Waals surface area contributed by atoms with Gasteiger partial charge in [0.15, 0.2) is 0 Å². The monoisotopic (exact) mass is 347 g/mol. The smallest absolute Gasteiger partial charge is 0.381 e. The summed E-state index contributed by atoms with van der Waals surface area (Å²) in [5, 5.41) is 7.16. The first kappa shape index (κ1) is 14.9. The first-order chi connectivity index (χ1) is 9.27. The first-order valence-electron chi connectivity index (χ1n) is 5.87. The number of hydrogen-bond donors (Lipinski definition) is 1. The van der Waals surface area contributed by atoms with Gasteiger partial charge in [0.25, 0.3) is 0 Å². The lowest BCUT2D eigenvalue weighted by Crippen LogP contribution is -2.07. The van der Waals surface area contributed by atoms with Crippen LogP contribution in [0.5, 0.6) is 0 Å². The molecule has 0 saturated carbocycles. The highest BCUT2D eigenvalue weighted by Gasteiger charge is 2.33. The molecule has 0 saturated heterocycles. The molecule has 108 valence electrons. The van der Waals surface area contributed by atoms with Gasteiger partial charge in [0.2, 0.25) is 0 Å². The van der Waals surface area contributed by atoms with E-state index in [1.165, 1.54) is 6.07 Å². The third-order valence-corrected chi connectivity index (χ3v) is 3.56. The second kappa shape index (κ2) is 5.47. The number of hydrogen-bond acceptors (Lipinski definition) is 2. The largest absolute Gasteiger partial charge is 0.417 e. The number of rotatable bonds is 3. The molecule has 0 unspecified atom stereocenters. The van der Waals surface area contributed by atoms with Crippen molar-refractivity contribution in [3.63, 3.8) is 0 Å². The molecular formula is C13H13BrF3N3. The van der Waals surface area contributed by atoms with Crippen molar-refractivity contribution in [2.75, 3.05) is 5.32 Å². The number of alkyl halides is 3. The highest BCUT2D eigenvalue weighted by Crippen LogP contribution is 2.36. The molecule has 0 aliphatic carbocycles. The molecule has 7 heteroatoms. The van der Waals surface area contributed by atoms with E-state index in [1.54, 1.807) is 17.8 Å². The van der Waals surface area contributed by atoms with Crippen LogP contribution in [0.2, 0.25) is 0 Å². The van der Waals surface area contributed by atoms with Crippen LogP contribution in [0.1, 0.15) is 16.8 Å². The second-order valence-electron chi connectivity index (χ2n) is 4.46. The number of aromatic nitrogens is 2. The fourth-order valence-corrected chi connectivity index (χ4v) is 2.34. The van der Waals surface area contributed by atoms with E-state index in [9.17, 15) is 13.2 Å². The van der Waals surface area contributed by atoms with E-state index < -0.39 is 11.7 Å². The molecular weight excluding hydrogens is 335 g/mol. The Bertz CT molecular complexity index is 620. The molecule has 0 atom stereocenters. The van der Waals surface area contributed by atoms with Gasteiger partial charge in [-0.15, -0.1) is 0 Å². The van der Waals surface area contributed by atoms with Crippen LogP contribution in [0.15, 0.2) is 28.9 Å². The van der Waals surface area contributed by atoms with Gasteiger partial charge in [0.1, 0.15) is 0 Å². The molecule has 3 nitrogen and oxygen atoms in total. The quantitative estimate of drug-likeness (QED) is 0.904. The molecule has 0 aliphatic rings. The van der Waals surface area contributed by atoms with Crippen LogP contribution in [-0.4, -0.2) is 9.78 Å². The minimum absolute atomic E-state index is 0.0353. The third kappa shape index (κ3) is 3.33. The minimum Gasteiger partial charge on any atom is -0.381 e. The Morgan fingerprint density at radius 2 is 2.05 bits per heavy atom. The van der Waals surface area contributed by atoms with E-state index >= 15 is 0 Å². The van der Waals surface area contributed by atoms with E-state index in [1.807, 2.05) is 13.1 Å². The van der Waals surface area contributed by atoms with Gasteiger partial charge in [0, 0.05) is 35.5 Å². The molecule has 0 radical (unpaired) electrons. The summed E-state index contributed by atoms with van der Waals surface area (Å²) in [6.07, 6.45) is -2.54. The van der Waals surface area contributed by atoms with Gasteiger partial charge in [0.05, 0.1) is 11.3 Å². The molecule has 0 fully saturated rings. The Hall–Kier alpha value is -1.50. The molecule has 1 N–H and O–H groups in total. The summed E-state index contributed by atoms with van der Waals surface area (Å²) < 4.78 is 40.1. The van der Waals surface area contributed by atoms with Crippen molar-refractivity contribution in [1.82, 2.24) is 9.78 Å². The molecule has 1 heterocycles. The van der Waals surface area contributed by atoms with E-state index in [0.717, 1.165) is 17.3 Å². The van der Waals surface area contributed by atoms with Crippen LogP contribution in [-0.2, 0) is 19.8 Å². The average Bonchev–Trinajstić information content (AvgIpc) is 2.65. The number of aryl methyl sites for hydroxylation is 2. The number of anilines is 1. The highest BCUT2D eigenvalue weighted by atomic mass is 79.9. The van der Waals surface area contributed by atoms with E-state index in [2.05, 4.69) is 26.3 Å². The molecule has 2 rings (SSSR count). The van der Waals surface area contributed by atoms with Gasteiger partial charge in [-0.1, -0.05) is 15.9 Å². The molecule has 2 aromatic rings. The zero-order valence-electron chi connectivity index (χ0n) is 10.9. The maximum atomic E-state index is 12.8. The van der Waals surface area contributed by atoms with Crippen molar-refractivity contribution in [1.29, 1.82) is 0 Å². The Labute approximate surface area is 122 Å². The van der Waals surface area contributed by atoms with Crippen LogP contribution in [0, 0.1) is 6.92 Å². The number of nitrogens with zero attached hydrogens (tertiary/aromatic N) is 2. The second-order valence-corrected chi connectivity index (χ2v) is 5.31. The summed E-state index contributed by atoms with van der Waals surface area (Å²) in [7, 11) is 1.80. The van der Waals surface area contributed by atoms with Crippen LogP contribution >= 0.6 is 15.9 Å². The standard InChI is InChI=1S/C13H13BrF3N3/c1-8-9(7-20(2)19-8)6-18-10-3-4-12(14)11(5-10)13(15,16)17/h3-5,7,18H,6H2,1-2H3. The molecule has 0 aliphatic heterocycles. The summed E-state index contributed by atoms with van der Waals surface area (Å²) >= 11 is 2.92. The zero-order chi connectivity index (χ0) is 14.9. The van der Waals surface area contributed by atoms with Gasteiger partial charge in [-0.2, -0.15) is 18.3 Å². The summed E-state index contributed by atoms with van der Waals surface area (Å²) in [5.41, 5.74) is 1.53. The summed E-state index contributed by atoms with van der Waals surface area (Å²) in [4.78, 5) is 0. The summed E-state index contributed by atoms with van der Waals surface area (Å²) in [6.45, 7) is 2.29. The Balaban J connectivity index is 2.16. The highest BCUT2D eigenvalue weighted by molar-refractivity contribution is 9.10. The minimum atomic E-state index is -4.37. The van der Waals surface area contributed by atoms with Gasteiger partial charge in [-0.3, -0.25) is 4.68 Å². The number of nitrogens with one attached hydrogen (secondary N) is 1. The lowest BCUT2D eigenvalue weighted by atomic mass is 10.2. The first-order valence-corrected chi connectivity index (χ1v) is 6.66. The molecule has 0 bridgehead atoms. The van der Waals surface area contributed by atoms with Gasteiger partial charge in [-0.05, 0) is 25.1 Å². The van der Waals surface area contributed by atoms with Crippen molar-refractivity contribution >= 4 is 21.6 Å². The van der Waals surface area contributed by atoms with Crippen molar-refractivity contribution in [2.45, 2.75) is 19.6 Å². The fourth-order valence-electron chi connectivity index (χ4n) is 1.87. The van der Waals surface area contributed by atoms with Gasteiger partial charge in [-0.25, -0.2) is 0 Å². The molecule has 0 spiro atoms. The predicted molar refractivity (Wildman–Crippen MR) is 74.4 cm³/mol. The Morgan fingerprint density at radius 1 is 1.35 bits per heavy atom. The normalized spacial score (nSPS) is 11.7. The van der Waals surface area contributed by atoms with E-state index in [4.69, 9.17) is 0 Å².